The van der Waals surface area contributed by atoms with Gasteiger partial charge in [-0.1, -0.05) is 18.5 Å². The average molecular weight is 187 g/mol. The van der Waals surface area contributed by atoms with E-state index < -0.39 is 0 Å². The van der Waals surface area contributed by atoms with Crippen molar-refractivity contribution in [1.82, 2.24) is 0 Å². The lowest BCUT2D eigenvalue weighted by Crippen LogP contribution is -2.34. The van der Waals surface area contributed by atoms with Crippen molar-refractivity contribution in [3.05, 3.63) is 29.5 Å². The van der Waals surface area contributed by atoms with Crippen LogP contribution in [0.15, 0.2) is 24.5 Å². The van der Waals surface area contributed by atoms with E-state index in [0.717, 1.165) is 18.1 Å². The molecule has 0 N–H and O–H groups in total. The van der Waals surface area contributed by atoms with Gasteiger partial charge < -0.3 is 4.74 Å². The Labute approximate surface area is 77.7 Å². The van der Waals surface area contributed by atoms with Crippen LogP contribution in [0.1, 0.15) is 13.3 Å². The zero-order valence-electron chi connectivity index (χ0n) is 7.16. The molecule has 12 heavy (non-hydrogen) atoms. The molecule has 3 heteroatoms. The Morgan fingerprint density at radius 3 is 3.08 bits per heavy atom. The Kier molecular flexibility index (Phi) is 4.05. The standard InChI is InChI=1S/C9H13ClNO/c1-2-6-12-8-11-5-3-4-9(10)7-11/h3-5,7H,2,6,8H2,1H3/q+1. The van der Waals surface area contributed by atoms with Crippen molar-refractivity contribution in [2.24, 2.45) is 0 Å². The molecule has 0 atom stereocenters. The molecule has 0 radical (unpaired) electrons. The van der Waals surface area contributed by atoms with Gasteiger partial charge in [0.15, 0.2) is 12.4 Å². The van der Waals surface area contributed by atoms with E-state index in [4.69, 9.17) is 16.3 Å². The van der Waals surface area contributed by atoms with Crippen molar-refractivity contribution in [2.75, 3.05) is 6.61 Å². The Bertz CT molecular complexity index is 240. The summed E-state index contributed by atoms with van der Waals surface area (Å²) in [6.07, 6.45) is 4.82. The molecule has 0 unspecified atom stereocenters. The quantitative estimate of drug-likeness (QED) is 0.518. The SMILES string of the molecule is CCCOC[n+]1cccc(Cl)c1. The molecule has 0 amide bonds. The molecule has 1 heterocycles. The highest BCUT2D eigenvalue weighted by molar-refractivity contribution is 6.30. The Hall–Kier alpha value is -0.600. The van der Waals surface area contributed by atoms with Crippen molar-refractivity contribution in [2.45, 2.75) is 20.1 Å². The number of halogens is 1. The van der Waals surface area contributed by atoms with E-state index in [1.54, 1.807) is 0 Å². The first-order chi connectivity index (χ1) is 5.83. The van der Waals surface area contributed by atoms with Crippen molar-refractivity contribution >= 4 is 11.6 Å². The Balaban J connectivity index is 2.41. The molecule has 66 valence electrons. The topological polar surface area (TPSA) is 13.1 Å². The molecule has 1 aromatic heterocycles. The largest absolute Gasteiger partial charge is 0.323 e. The van der Waals surface area contributed by atoms with Gasteiger partial charge in [0, 0.05) is 6.07 Å². The van der Waals surface area contributed by atoms with Crippen LogP contribution in [0.5, 0.6) is 0 Å². The number of nitrogens with zero attached hydrogens (tertiary/aromatic N) is 1. The van der Waals surface area contributed by atoms with Gasteiger partial charge in [0.05, 0.1) is 6.61 Å². The lowest BCUT2D eigenvalue weighted by molar-refractivity contribution is -0.732. The maximum absolute atomic E-state index is 5.78. The molecular weight excluding hydrogens is 174 g/mol. The summed E-state index contributed by atoms with van der Waals surface area (Å²) >= 11 is 5.78. The van der Waals surface area contributed by atoms with Crippen LogP contribution in [0.2, 0.25) is 5.02 Å². The second-order valence-electron chi connectivity index (χ2n) is 2.57. The molecular formula is C9H13ClNO+. The zero-order chi connectivity index (χ0) is 8.81. The first kappa shape index (κ1) is 9.49. The molecule has 1 aromatic rings. The molecule has 1 rings (SSSR count). The van der Waals surface area contributed by atoms with E-state index in [-0.39, 0.29) is 0 Å². The Morgan fingerprint density at radius 1 is 1.58 bits per heavy atom. The monoisotopic (exact) mass is 186 g/mol. The lowest BCUT2D eigenvalue weighted by atomic mass is 10.5. The van der Waals surface area contributed by atoms with E-state index in [2.05, 4.69) is 6.92 Å². The van der Waals surface area contributed by atoms with E-state index in [1.165, 1.54) is 0 Å². The molecule has 0 saturated heterocycles. The molecule has 0 bridgehead atoms. The fraction of sp³-hybridized carbons (Fsp3) is 0.444. The van der Waals surface area contributed by atoms with Crippen LogP contribution in [-0.4, -0.2) is 6.61 Å². The summed E-state index contributed by atoms with van der Waals surface area (Å²) in [5, 5.41) is 0.734. The molecule has 0 spiro atoms. The smallest absolute Gasteiger partial charge is 0.252 e. The van der Waals surface area contributed by atoms with Gasteiger partial charge in [-0.25, -0.2) is 0 Å². The maximum Gasteiger partial charge on any atom is 0.252 e. The van der Waals surface area contributed by atoms with E-state index in [0.29, 0.717) is 6.73 Å². The van der Waals surface area contributed by atoms with Gasteiger partial charge in [-0.3, -0.25) is 0 Å². The Morgan fingerprint density at radius 2 is 2.42 bits per heavy atom. The van der Waals surface area contributed by atoms with Crippen LogP contribution in [-0.2, 0) is 11.5 Å². The van der Waals surface area contributed by atoms with E-state index in [1.807, 2.05) is 29.1 Å². The fourth-order valence-electron chi connectivity index (χ4n) is 0.885. The molecule has 0 aromatic carbocycles. The average Bonchev–Trinajstić information content (AvgIpc) is 2.05. The number of hydrogen-bond donors (Lipinski definition) is 0. The van der Waals surface area contributed by atoms with Gasteiger partial charge in [-0.2, -0.15) is 4.57 Å². The van der Waals surface area contributed by atoms with Crippen LogP contribution in [0.3, 0.4) is 0 Å². The second kappa shape index (κ2) is 5.12. The number of rotatable bonds is 4. The van der Waals surface area contributed by atoms with Gasteiger partial charge in [-0.05, 0) is 12.5 Å². The molecule has 0 saturated carbocycles. The molecule has 0 aliphatic carbocycles. The van der Waals surface area contributed by atoms with Gasteiger partial charge in [0.25, 0.3) is 6.73 Å². The van der Waals surface area contributed by atoms with Gasteiger partial charge in [-0.15, -0.1) is 0 Å². The highest BCUT2D eigenvalue weighted by Gasteiger charge is 1.99. The van der Waals surface area contributed by atoms with Gasteiger partial charge >= 0.3 is 0 Å². The summed E-state index contributed by atoms with van der Waals surface area (Å²) in [6, 6.07) is 3.75. The summed E-state index contributed by atoms with van der Waals surface area (Å²) in [4.78, 5) is 0. The van der Waals surface area contributed by atoms with Crippen molar-refractivity contribution < 1.29 is 9.30 Å². The minimum Gasteiger partial charge on any atom is -0.323 e. The highest BCUT2D eigenvalue weighted by atomic mass is 35.5. The van der Waals surface area contributed by atoms with Crippen LogP contribution in [0.4, 0.5) is 0 Å². The summed E-state index contributed by atoms with van der Waals surface area (Å²) in [7, 11) is 0. The van der Waals surface area contributed by atoms with E-state index in [9.17, 15) is 0 Å². The van der Waals surface area contributed by atoms with Crippen LogP contribution < -0.4 is 4.57 Å². The number of hydrogen-bond acceptors (Lipinski definition) is 1. The van der Waals surface area contributed by atoms with Crippen LogP contribution >= 0.6 is 11.6 Å². The normalized spacial score (nSPS) is 10.2. The van der Waals surface area contributed by atoms with Crippen molar-refractivity contribution in [1.29, 1.82) is 0 Å². The highest BCUT2D eigenvalue weighted by Crippen LogP contribution is 2.00. The van der Waals surface area contributed by atoms with Crippen LogP contribution in [0, 0.1) is 0 Å². The zero-order valence-corrected chi connectivity index (χ0v) is 7.92. The molecule has 0 aliphatic rings. The minimum absolute atomic E-state index is 0.578. The number of ether oxygens (including phenoxy) is 1. The van der Waals surface area contributed by atoms with Crippen LogP contribution in [0.25, 0.3) is 0 Å². The summed E-state index contributed by atoms with van der Waals surface area (Å²) in [6.45, 7) is 3.45. The molecule has 0 fully saturated rings. The summed E-state index contributed by atoms with van der Waals surface area (Å²) in [5.41, 5.74) is 0. The maximum atomic E-state index is 5.78. The first-order valence-electron chi connectivity index (χ1n) is 4.05. The third-order valence-electron chi connectivity index (χ3n) is 1.41. The van der Waals surface area contributed by atoms with Gasteiger partial charge in [0.2, 0.25) is 0 Å². The van der Waals surface area contributed by atoms with E-state index >= 15 is 0 Å². The number of pyridine rings is 1. The predicted molar refractivity (Wildman–Crippen MR) is 47.9 cm³/mol. The third-order valence-corrected chi connectivity index (χ3v) is 1.63. The molecule has 2 nitrogen and oxygen atoms in total. The predicted octanol–water partition coefficient (Wildman–Crippen LogP) is 2.01. The van der Waals surface area contributed by atoms with Crippen molar-refractivity contribution in [3.8, 4) is 0 Å². The minimum atomic E-state index is 0.578. The lowest BCUT2D eigenvalue weighted by Gasteiger charge is -1.97. The van der Waals surface area contributed by atoms with Crippen molar-refractivity contribution in [3.63, 3.8) is 0 Å². The fourth-order valence-corrected chi connectivity index (χ4v) is 1.08. The molecule has 0 aliphatic heterocycles. The number of aromatic nitrogens is 1. The van der Waals surface area contributed by atoms with Gasteiger partial charge in [0.1, 0.15) is 5.02 Å². The third kappa shape index (κ3) is 3.20. The summed E-state index contributed by atoms with van der Waals surface area (Å²) in [5.74, 6) is 0. The second-order valence-corrected chi connectivity index (χ2v) is 3.01. The first-order valence-corrected chi connectivity index (χ1v) is 4.43. The summed E-state index contributed by atoms with van der Waals surface area (Å²) < 4.78 is 7.24.